The summed E-state index contributed by atoms with van der Waals surface area (Å²) in [5.41, 5.74) is 1.51. The summed E-state index contributed by atoms with van der Waals surface area (Å²) in [7, 11) is 0. The molecule has 1 heterocycles. The molecule has 0 bridgehead atoms. The van der Waals surface area contributed by atoms with Crippen LogP contribution in [0.1, 0.15) is 33.1 Å². The Bertz CT molecular complexity index is 256. The average Bonchev–Trinajstić information content (AvgIpc) is 2.43. The molecule has 0 unspecified atom stereocenters. The van der Waals surface area contributed by atoms with Gasteiger partial charge < -0.3 is 5.32 Å². The summed E-state index contributed by atoms with van der Waals surface area (Å²) in [5.74, 6) is 0. The standard InChI is InChI=1S/C13H20N/c1-4-5-10-13(2,3)12-9-7-6-8-11-14-12/h6-9,11,14H,1,4-5,10H2,2-3H3. The second-order valence-electron chi connectivity index (χ2n) is 4.31. The van der Waals surface area contributed by atoms with Gasteiger partial charge in [-0.1, -0.05) is 45.8 Å². The topological polar surface area (TPSA) is 12.0 Å². The zero-order chi connectivity index (χ0) is 10.4. The number of hydrogen-bond acceptors (Lipinski definition) is 1. The van der Waals surface area contributed by atoms with Gasteiger partial charge in [-0.05, 0) is 18.6 Å². The van der Waals surface area contributed by atoms with E-state index in [-0.39, 0.29) is 5.41 Å². The monoisotopic (exact) mass is 190 g/mol. The third kappa shape index (κ3) is 3.06. The van der Waals surface area contributed by atoms with Gasteiger partial charge in [0.05, 0.1) is 0 Å². The molecule has 0 saturated heterocycles. The SMILES string of the molecule is [CH2]CCCC(C)(C)C1=CC=CC=CN1. The summed E-state index contributed by atoms with van der Waals surface area (Å²) >= 11 is 0. The average molecular weight is 190 g/mol. The highest BCUT2D eigenvalue weighted by Crippen LogP contribution is 2.30. The van der Waals surface area contributed by atoms with E-state index >= 15 is 0 Å². The van der Waals surface area contributed by atoms with Crippen molar-refractivity contribution in [3.8, 4) is 0 Å². The van der Waals surface area contributed by atoms with Gasteiger partial charge in [0.1, 0.15) is 0 Å². The molecule has 1 rings (SSSR count). The van der Waals surface area contributed by atoms with Crippen LogP contribution in [0.4, 0.5) is 0 Å². The largest absolute Gasteiger partial charge is 0.365 e. The number of unbranched alkanes of at least 4 members (excludes halogenated alkanes) is 1. The minimum Gasteiger partial charge on any atom is -0.365 e. The molecule has 1 aliphatic rings. The Kier molecular flexibility index (Phi) is 3.99. The molecular weight excluding hydrogens is 170 g/mol. The van der Waals surface area contributed by atoms with Crippen LogP contribution in [0.2, 0.25) is 0 Å². The van der Waals surface area contributed by atoms with Gasteiger partial charge in [0, 0.05) is 17.3 Å². The van der Waals surface area contributed by atoms with Crippen LogP contribution in [0.5, 0.6) is 0 Å². The van der Waals surface area contributed by atoms with Gasteiger partial charge in [0.2, 0.25) is 0 Å². The van der Waals surface area contributed by atoms with Crippen LogP contribution in [-0.2, 0) is 0 Å². The summed E-state index contributed by atoms with van der Waals surface area (Å²) in [5, 5.41) is 3.33. The lowest BCUT2D eigenvalue weighted by atomic mass is 9.83. The van der Waals surface area contributed by atoms with Crippen molar-refractivity contribution in [2.75, 3.05) is 0 Å². The maximum Gasteiger partial charge on any atom is 0.0203 e. The molecule has 0 amide bonds. The van der Waals surface area contributed by atoms with E-state index < -0.39 is 0 Å². The van der Waals surface area contributed by atoms with E-state index in [4.69, 9.17) is 0 Å². The lowest BCUT2D eigenvalue weighted by Crippen LogP contribution is -2.23. The normalized spacial score (nSPS) is 16.1. The summed E-state index contributed by atoms with van der Waals surface area (Å²) < 4.78 is 0. The molecule has 0 aromatic heterocycles. The molecule has 14 heavy (non-hydrogen) atoms. The predicted molar refractivity (Wildman–Crippen MR) is 62.5 cm³/mol. The van der Waals surface area contributed by atoms with Gasteiger partial charge in [0.15, 0.2) is 0 Å². The van der Waals surface area contributed by atoms with Crippen molar-refractivity contribution < 1.29 is 0 Å². The number of nitrogens with one attached hydrogen (secondary N) is 1. The van der Waals surface area contributed by atoms with Gasteiger partial charge in [-0.2, -0.15) is 0 Å². The van der Waals surface area contributed by atoms with E-state index in [0.717, 1.165) is 6.42 Å². The third-order valence-corrected chi connectivity index (χ3v) is 2.60. The van der Waals surface area contributed by atoms with E-state index in [0.29, 0.717) is 0 Å². The van der Waals surface area contributed by atoms with Crippen molar-refractivity contribution in [3.63, 3.8) is 0 Å². The molecule has 1 heteroatoms. The van der Waals surface area contributed by atoms with Crippen molar-refractivity contribution in [2.24, 2.45) is 5.41 Å². The number of rotatable bonds is 4. The van der Waals surface area contributed by atoms with E-state index in [1.165, 1.54) is 18.5 Å². The van der Waals surface area contributed by atoms with E-state index in [1.54, 1.807) is 0 Å². The minimum atomic E-state index is 0.219. The van der Waals surface area contributed by atoms with Crippen LogP contribution >= 0.6 is 0 Å². The maximum absolute atomic E-state index is 3.88. The summed E-state index contributed by atoms with van der Waals surface area (Å²) in [4.78, 5) is 0. The maximum atomic E-state index is 3.88. The van der Waals surface area contributed by atoms with Crippen LogP contribution in [0, 0.1) is 12.3 Å². The third-order valence-electron chi connectivity index (χ3n) is 2.60. The molecule has 1 N–H and O–H groups in total. The number of allylic oxidation sites excluding steroid dienone is 5. The second-order valence-corrected chi connectivity index (χ2v) is 4.31. The van der Waals surface area contributed by atoms with Gasteiger partial charge in [0.25, 0.3) is 0 Å². The van der Waals surface area contributed by atoms with Gasteiger partial charge in [-0.15, -0.1) is 0 Å². The highest BCUT2D eigenvalue weighted by molar-refractivity contribution is 5.24. The van der Waals surface area contributed by atoms with Crippen molar-refractivity contribution in [1.82, 2.24) is 5.32 Å². The van der Waals surface area contributed by atoms with Gasteiger partial charge in [-0.3, -0.25) is 0 Å². The minimum absolute atomic E-state index is 0.219. The fourth-order valence-corrected chi connectivity index (χ4v) is 1.58. The molecule has 0 aromatic rings. The second kappa shape index (κ2) is 5.04. The number of hydrogen-bond donors (Lipinski definition) is 1. The van der Waals surface area contributed by atoms with E-state index in [1.807, 2.05) is 18.4 Å². The van der Waals surface area contributed by atoms with Crippen molar-refractivity contribution in [2.45, 2.75) is 33.1 Å². The molecule has 1 aliphatic heterocycles. The smallest absolute Gasteiger partial charge is 0.0203 e. The molecule has 0 aromatic carbocycles. The van der Waals surface area contributed by atoms with Crippen molar-refractivity contribution in [1.29, 1.82) is 0 Å². The van der Waals surface area contributed by atoms with Crippen LogP contribution in [0.3, 0.4) is 0 Å². The molecule has 0 fully saturated rings. The molecule has 0 spiro atoms. The van der Waals surface area contributed by atoms with E-state index in [2.05, 4.69) is 38.2 Å². The fourth-order valence-electron chi connectivity index (χ4n) is 1.58. The fraction of sp³-hybridized carbons (Fsp3) is 0.462. The Balaban J connectivity index is 2.65. The Morgan fingerprint density at radius 1 is 1.29 bits per heavy atom. The molecular formula is C13H20N. The first kappa shape index (κ1) is 11.1. The van der Waals surface area contributed by atoms with Gasteiger partial charge in [-0.25, -0.2) is 0 Å². The Labute approximate surface area is 87.6 Å². The highest BCUT2D eigenvalue weighted by atomic mass is 14.9. The Hall–Kier alpha value is -0.980. The molecule has 1 nitrogen and oxygen atoms in total. The first-order valence-electron chi connectivity index (χ1n) is 5.26. The quantitative estimate of drug-likeness (QED) is 0.714. The summed E-state index contributed by atoms with van der Waals surface area (Å²) in [6.45, 7) is 8.43. The zero-order valence-corrected chi connectivity index (χ0v) is 9.22. The van der Waals surface area contributed by atoms with Gasteiger partial charge >= 0.3 is 0 Å². The Morgan fingerprint density at radius 3 is 2.79 bits per heavy atom. The molecule has 1 radical (unpaired) electrons. The molecule has 0 saturated carbocycles. The predicted octanol–water partition coefficient (Wildman–Crippen LogP) is 3.57. The first-order chi connectivity index (χ1) is 6.67. The Morgan fingerprint density at radius 2 is 2.07 bits per heavy atom. The van der Waals surface area contributed by atoms with Crippen molar-refractivity contribution in [3.05, 3.63) is 43.1 Å². The first-order valence-corrected chi connectivity index (χ1v) is 5.26. The molecule has 77 valence electrons. The van der Waals surface area contributed by atoms with Crippen LogP contribution in [-0.4, -0.2) is 0 Å². The van der Waals surface area contributed by atoms with E-state index in [9.17, 15) is 0 Å². The highest BCUT2D eigenvalue weighted by Gasteiger charge is 2.21. The lowest BCUT2D eigenvalue weighted by molar-refractivity contribution is 0.379. The molecule has 0 aliphatic carbocycles. The lowest BCUT2D eigenvalue weighted by Gasteiger charge is -2.27. The summed E-state index contributed by atoms with van der Waals surface area (Å²) in [6, 6.07) is 0. The van der Waals surface area contributed by atoms with Crippen LogP contribution in [0.25, 0.3) is 0 Å². The summed E-state index contributed by atoms with van der Waals surface area (Å²) in [6.07, 6.45) is 13.7. The van der Waals surface area contributed by atoms with Crippen molar-refractivity contribution >= 4 is 0 Å². The molecule has 0 atom stereocenters. The van der Waals surface area contributed by atoms with Crippen LogP contribution < -0.4 is 5.32 Å². The van der Waals surface area contributed by atoms with Crippen LogP contribution in [0.15, 0.2) is 36.2 Å². The zero-order valence-electron chi connectivity index (χ0n) is 9.22.